The Morgan fingerprint density at radius 2 is 1.88 bits per heavy atom. The lowest BCUT2D eigenvalue weighted by Crippen LogP contribution is -2.36. The maximum atomic E-state index is 12.0. The molecule has 17 heavy (non-hydrogen) atoms. The minimum absolute atomic E-state index is 0.0927. The highest BCUT2D eigenvalue weighted by molar-refractivity contribution is 7.89. The van der Waals surface area contributed by atoms with Crippen LogP contribution in [-0.2, 0) is 10.0 Å². The smallest absolute Gasteiger partial charge is 0.243 e. The molecular formula is C10H14Cl2N2O2S. The Labute approximate surface area is 111 Å². The fraction of sp³-hybridized carbons (Fsp3) is 0.400. The van der Waals surface area contributed by atoms with Crippen LogP contribution in [-0.4, -0.2) is 21.0 Å². The molecule has 0 amide bonds. The van der Waals surface area contributed by atoms with Crippen molar-refractivity contribution in [1.29, 1.82) is 0 Å². The van der Waals surface area contributed by atoms with Gasteiger partial charge in [0.15, 0.2) is 0 Å². The van der Waals surface area contributed by atoms with Crippen LogP contribution in [0.4, 0.5) is 0 Å². The van der Waals surface area contributed by atoms with Crippen molar-refractivity contribution in [3.8, 4) is 0 Å². The standard InChI is InChI=1S/C10H14Cl2N2O2S/c1-2-7(13)6-14-17(15,16)10-8(11)4-3-5-9(10)12/h3-5,7,14H,2,6,13H2,1H3. The van der Waals surface area contributed by atoms with Crippen LogP contribution in [0.1, 0.15) is 13.3 Å². The molecule has 0 aliphatic heterocycles. The number of halogens is 2. The normalized spacial score (nSPS) is 13.6. The molecule has 0 aliphatic rings. The molecular weight excluding hydrogens is 283 g/mol. The summed E-state index contributed by atoms with van der Waals surface area (Å²) in [6.07, 6.45) is 0.679. The number of nitrogens with one attached hydrogen (secondary N) is 1. The van der Waals surface area contributed by atoms with Crippen LogP contribution >= 0.6 is 23.2 Å². The second kappa shape index (κ2) is 6.02. The van der Waals surface area contributed by atoms with Crippen molar-refractivity contribution in [2.24, 2.45) is 5.73 Å². The van der Waals surface area contributed by atoms with Crippen LogP contribution < -0.4 is 10.5 Å². The molecule has 1 rings (SSSR count). The molecule has 96 valence electrons. The molecule has 0 radical (unpaired) electrons. The predicted molar refractivity (Wildman–Crippen MR) is 69.9 cm³/mol. The summed E-state index contributed by atoms with van der Waals surface area (Å²) < 4.78 is 26.3. The quantitative estimate of drug-likeness (QED) is 0.873. The van der Waals surface area contributed by atoms with Crippen molar-refractivity contribution in [3.63, 3.8) is 0 Å². The first-order chi connectivity index (χ1) is 7.88. The summed E-state index contributed by atoms with van der Waals surface area (Å²) >= 11 is 11.7. The van der Waals surface area contributed by atoms with Crippen LogP contribution in [0.3, 0.4) is 0 Å². The lowest BCUT2D eigenvalue weighted by Gasteiger charge is -2.12. The molecule has 4 nitrogen and oxygen atoms in total. The first-order valence-corrected chi connectivity index (χ1v) is 7.31. The van der Waals surface area contributed by atoms with E-state index in [1.807, 2.05) is 6.92 Å². The molecule has 0 saturated heterocycles. The van der Waals surface area contributed by atoms with E-state index in [2.05, 4.69) is 4.72 Å². The predicted octanol–water partition coefficient (Wildman–Crippen LogP) is 2.01. The molecule has 1 aromatic carbocycles. The van der Waals surface area contributed by atoms with Gasteiger partial charge >= 0.3 is 0 Å². The van der Waals surface area contributed by atoms with Gasteiger partial charge in [-0.1, -0.05) is 36.2 Å². The molecule has 7 heteroatoms. The number of benzene rings is 1. The third-order valence-corrected chi connectivity index (χ3v) is 4.63. The number of rotatable bonds is 5. The average molecular weight is 297 g/mol. The Kier molecular flexibility index (Phi) is 5.22. The molecule has 0 bridgehead atoms. The third-order valence-electron chi connectivity index (χ3n) is 2.25. The average Bonchev–Trinajstić information content (AvgIpc) is 2.25. The second-order valence-corrected chi connectivity index (χ2v) is 6.09. The van der Waals surface area contributed by atoms with Crippen LogP contribution in [0.25, 0.3) is 0 Å². The van der Waals surface area contributed by atoms with Crippen molar-refractivity contribution in [2.75, 3.05) is 6.54 Å². The topological polar surface area (TPSA) is 72.2 Å². The van der Waals surface area contributed by atoms with E-state index in [4.69, 9.17) is 28.9 Å². The first kappa shape index (κ1) is 14.7. The highest BCUT2D eigenvalue weighted by atomic mass is 35.5. The summed E-state index contributed by atoms with van der Waals surface area (Å²) in [4.78, 5) is -0.105. The fourth-order valence-electron chi connectivity index (χ4n) is 1.17. The van der Waals surface area contributed by atoms with Crippen LogP contribution in [0.2, 0.25) is 10.0 Å². The van der Waals surface area contributed by atoms with Gasteiger partial charge in [-0.15, -0.1) is 0 Å². The van der Waals surface area contributed by atoms with Gasteiger partial charge in [0.05, 0.1) is 10.0 Å². The van der Waals surface area contributed by atoms with Crippen LogP contribution in [0, 0.1) is 0 Å². The van der Waals surface area contributed by atoms with Gasteiger partial charge in [0.25, 0.3) is 0 Å². The molecule has 0 fully saturated rings. The molecule has 1 unspecified atom stereocenters. The van der Waals surface area contributed by atoms with Gasteiger partial charge < -0.3 is 5.73 Å². The van der Waals surface area contributed by atoms with Gasteiger partial charge in [0.2, 0.25) is 10.0 Å². The summed E-state index contributed by atoms with van der Waals surface area (Å²) in [7, 11) is -3.72. The van der Waals surface area contributed by atoms with E-state index >= 15 is 0 Å². The lowest BCUT2D eigenvalue weighted by atomic mass is 10.2. The zero-order valence-corrected chi connectivity index (χ0v) is 11.6. The Morgan fingerprint density at radius 1 is 1.35 bits per heavy atom. The number of hydrogen-bond acceptors (Lipinski definition) is 3. The lowest BCUT2D eigenvalue weighted by molar-refractivity contribution is 0.564. The molecule has 1 atom stereocenters. The molecule has 1 aromatic rings. The van der Waals surface area contributed by atoms with Gasteiger partial charge in [-0.25, -0.2) is 13.1 Å². The third kappa shape index (κ3) is 3.82. The van der Waals surface area contributed by atoms with Gasteiger partial charge in [-0.05, 0) is 18.6 Å². The zero-order chi connectivity index (χ0) is 13.1. The number of nitrogens with two attached hydrogens (primary N) is 1. The van der Waals surface area contributed by atoms with E-state index in [-0.39, 0.29) is 27.5 Å². The summed E-state index contributed by atoms with van der Waals surface area (Å²) in [6, 6.07) is 4.30. The van der Waals surface area contributed by atoms with E-state index in [1.165, 1.54) is 12.1 Å². The Hall–Kier alpha value is -0.330. The SMILES string of the molecule is CCC(N)CNS(=O)(=O)c1c(Cl)cccc1Cl. The summed E-state index contributed by atoms with van der Waals surface area (Å²) in [5.41, 5.74) is 5.64. The maximum Gasteiger partial charge on any atom is 0.243 e. The fourth-order valence-corrected chi connectivity index (χ4v) is 3.41. The first-order valence-electron chi connectivity index (χ1n) is 5.07. The van der Waals surface area contributed by atoms with Crippen LogP contribution in [0.5, 0.6) is 0 Å². The van der Waals surface area contributed by atoms with E-state index < -0.39 is 10.0 Å². The van der Waals surface area contributed by atoms with Gasteiger partial charge in [0.1, 0.15) is 4.90 Å². The van der Waals surface area contributed by atoms with Crippen molar-refractivity contribution >= 4 is 33.2 Å². The van der Waals surface area contributed by atoms with Gasteiger partial charge in [0, 0.05) is 12.6 Å². The van der Waals surface area contributed by atoms with E-state index in [0.717, 1.165) is 0 Å². The Bertz CT molecular complexity index is 471. The molecule has 0 saturated carbocycles. The van der Waals surface area contributed by atoms with Crippen molar-refractivity contribution in [3.05, 3.63) is 28.2 Å². The highest BCUT2D eigenvalue weighted by Gasteiger charge is 2.21. The Balaban J connectivity index is 2.98. The number of sulfonamides is 1. The zero-order valence-electron chi connectivity index (χ0n) is 9.28. The molecule has 3 N–H and O–H groups in total. The molecule has 0 aromatic heterocycles. The maximum absolute atomic E-state index is 12.0. The van der Waals surface area contributed by atoms with E-state index in [9.17, 15) is 8.42 Å². The van der Waals surface area contributed by atoms with Crippen LogP contribution in [0.15, 0.2) is 23.1 Å². The van der Waals surface area contributed by atoms with E-state index in [1.54, 1.807) is 6.07 Å². The number of hydrogen-bond donors (Lipinski definition) is 2. The summed E-state index contributed by atoms with van der Waals surface area (Å²) in [5.74, 6) is 0. The minimum Gasteiger partial charge on any atom is -0.327 e. The van der Waals surface area contributed by atoms with E-state index in [0.29, 0.717) is 6.42 Å². The summed E-state index contributed by atoms with van der Waals surface area (Å²) in [6.45, 7) is 2.03. The van der Waals surface area contributed by atoms with Gasteiger partial charge in [-0.2, -0.15) is 0 Å². The highest BCUT2D eigenvalue weighted by Crippen LogP contribution is 2.28. The summed E-state index contributed by atoms with van der Waals surface area (Å²) in [5, 5.41) is 0.185. The van der Waals surface area contributed by atoms with Crippen molar-refractivity contribution < 1.29 is 8.42 Å². The van der Waals surface area contributed by atoms with Gasteiger partial charge in [-0.3, -0.25) is 0 Å². The monoisotopic (exact) mass is 296 g/mol. The minimum atomic E-state index is -3.72. The Morgan fingerprint density at radius 3 is 2.35 bits per heavy atom. The molecule has 0 spiro atoms. The molecule has 0 aliphatic carbocycles. The largest absolute Gasteiger partial charge is 0.327 e. The second-order valence-electron chi connectivity index (χ2n) is 3.57. The van der Waals surface area contributed by atoms with Crippen molar-refractivity contribution in [2.45, 2.75) is 24.3 Å². The van der Waals surface area contributed by atoms with Crippen molar-refractivity contribution in [1.82, 2.24) is 4.72 Å². The molecule has 0 heterocycles.